The second kappa shape index (κ2) is 18.6. The van der Waals surface area contributed by atoms with E-state index in [0.29, 0.717) is 50.2 Å². The molecule has 1 aliphatic heterocycles. The van der Waals surface area contributed by atoms with Crippen LogP contribution in [-0.2, 0) is 45.1 Å². The van der Waals surface area contributed by atoms with Crippen LogP contribution in [0.2, 0.25) is 0 Å². The maximum absolute atomic E-state index is 12.9. The molecule has 242 valence electrons. The highest BCUT2D eigenvalue weighted by atomic mass is 31.1. The summed E-state index contributed by atoms with van der Waals surface area (Å²) in [7, 11) is 3.80. The second-order valence-electron chi connectivity index (χ2n) is 11.5. The Bertz CT molecular complexity index is 1280. The first kappa shape index (κ1) is 37.1. The van der Waals surface area contributed by atoms with E-state index in [9.17, 15) is 24.3 Å². The van der Waals surface area contributed by atoms with Gasteiger partial charge in [0, 0.05) is 55.6 Å². The SMILES string of the molecule is CC.CC(C)C(=O)CCc1ccc2c(c1)CN(C)CC(=O)C[C@H](PCC(=O)CN(C)Cc1cc(CCC(=O)O)ccc1O)O2. The Balaban J connectivity index is 0.00000330. The van der Waals surface area contributed by atoms with Crippen LogP contribution in [0.15, 0.2) is 36.4 Å². The number of carboxylic acids is 1. The zero-order chi connectivity index (χ0) is 32.8. The van der Waals surface area contributed by atoms with Gasteiger partial charge in [-0.25, -0.2) is 0 Å². The number of rotatable bonds is 14. The first-order chi connectivity index (χ1) is 20.9. The smallest absolute Gasteiger partial charge is 0.303 e. The van der Waals surface area contributed by atoms with E-state index in [2.05, 4.69) is 6.07 Å². The lowest BCUT2D eigenvalue weighted by Gasteiger charge is -2.21. The number of nitrogens with zero attached hydrogens (tertiary/aromatic N) is 2. The standard InChI is InChI=1S/C32H43N2O7P.C2H6/c1-21(2)28(37)9-5-22-7-11-30-25(14-22)17-34(4)18-26(35)15-32(41-30)42-20-27(36)19-33(3)16-24-13-23(6-10-29(24)38)8-12-31(39)40;1-2/h6-7,10-11,13-14,21,32,38,42H,5,8-9,12,15-20H2,1-4H3,(H,39,40);1-2H3/t32-;/m0./s1. The first-order valence-electron chi connectivity index (χ1n) is 15.4. The van der Waals surface area contributed by atoms with Crippen LogP contribution in [0.25, 0.3) is 0 Å². The number of fused-ring (bicyclic) bond motifs is 1. The first-order valence-corrected chi connectivity index (χ1v) is 16.7. The van der Waals surface area contributed by atoms with E-state index in [-0.39, 0.29) is 63.1 Å². The molecule has 10 heteroatoms. The van der Waals surface area contributed by atoms with Gasteiger partial charge in [-0.3, -0.25) is 29.0 Å². The third-order valence-corrected chi connectivity index (χ3v) is 8.56. The fraction of sp³-hybridized carbons (Fsp3) is 0.529. The minimum Gasteiger partial charge on any atom is -0.508 e. The summed E-state index contributed by atoms with van der Waals surface area (Å²) in [6, 6.07) is 11.0. The molecule has 0 bridgehead atoms. The van der Waals surface area contributed by atoms with Crippen molar-refractivity contribution in [1.29, 1.82) is 0 Å². The number of aromatic hydroxyl groups is 1. The number of ketones is 3. The third kappa shape index (κ3) is 12.8. The molecule has 0 amide bonds. The Morgan fingerprint density at radius 1 is 1.05 bits per heavy atom. The molecule has 0 radical (unpaired) electrons. The monoisotopic (exact) mass is 628 g/mol. The normalized spacial score (nSPS) is 15.6. The average Bonchev–Trinajstić information content (AvgIpc) is 3.02. The molecule has 2 N–H and O–H groups in total. The minimum atomic E-state index is -0.881. The molecule has 2 aromatic carbocycles. The van der Waals surface area contributed by atoms with Crippen molar-refractivity contribution in [3.8, 4) is 11.5 Å². The van der Waals surface area contributed by atoms with Gasteiger partial charge in [0.15, 0.2) is 11.6 Å². The van der Waals surface area contributed by atoms with Crippen molar-refractivity contribution >= 4 is 31.9 Å². The van der Waals surface area contributed by atoms with Crippen LogP contribution in [0, 0.1) is 5.92 Å². The number of carbonyl (C=O) groups excluding carboxylic acids is 3. The van der Waals surface area contributed by atoms with Crippen LogP contribution < -0.4 is 4.74 Å². The Hall–Kier alpha value is -3.13. The zero-order valence-corrected chi connectivity index (χ0v) is 28.0. The summed E-state index contributed by atoms with van der Waals surface area (Å²) in [5.41, 5.74) is 3.47. The molecule has 0 saturated carbocycles. The average molecular weight is 629 g/mol. The minimum absolute atomic E-state index is 0.00639. The summed E-state index contributed by atoms with van der Waals surface area (Å²) in [5, 5.41) is 19.2. The van der Waals surface area contributed by atoms with Crippen LogP contribution in [0.3, 0.4) is 0 Å². The summed E-state index contributed by atoms with van der Waals surface area (Å²) in [5.74, 6) is -0.160. The molecule has 2 atom stereocenters. The van der Waals surface area contributed by atoms with Gasteiger partial charge in [0.1, 0.15) is 23.1 Å². The third-order valence-electron chi connectivity index (χ3n) is 7.18. The van der Waals surface area contributed by atoms with Crippen molar-refractivity contribution in [2.75, 3.05) is 33.3 Å². The Morgan fingerprint density at radius 3 is 2.39 bits per heavy atom. The lowest BCUT2D eigenvalue weighted by molar-refractivity contribution is -0.137. The molecule has 3 rings (SSSR count). The van der Waals surface area contributed by atoms with Crippen LogP contribution in [0.4, 0.5) is 0 Å². The number of ether oxygens (including phenoxy) is 1. The van der Waals surface area contributed by atoms with Crippen molar-refractivity contribution in [3.63, 3.8) is 0 Å². The Labute approximate surface area is 263 Å². The van der Waals surface area contributed by atoms with Crippen molar-refractivity contribution in [2.45, 2.75) is 78.7 Å². The summed E-state index contributed by atoms with van der Waals surface area (Å²) in [4.78, 5) is 52.4. The predicted octanol–water partition coefficient (Wildman–Crippen LogP) is 5.08. The highest BCUT2D eigenvalue weighted by Gasteiger charge is 2.23. The van der Waals surface area contributed by atoms with Gasteiger partial charge >= 0.3 is 5.97 Å². The Kier molecular flexibility index (Phi) is 15.7. The largest absolute Gasteiger partial charge is 0.508 e. The van der Waals surface area contributed by atoms with E-state index < -0.39 is 11.8 Å². The molecule has 0 fully saturated rings. The van der Waals surface area contributed by atoms with Crippen molar-refractivity contribution in [3.05, 3.63) is 58.7 Å². The number of phenolic OH excluding ortho intramolecular Hbond substituents is 1. The number of hydrogen-bond donors (Lipinski definition) is 2. The van der Waals surface area contributed by atoms with E-state index in [4.69, 9.17) is 9.84 Å². The number of aliphatic carboxylic acids is 1. The van der Waals surface area contributed by atoms with Crippen LogP contribution >= 0.6 is 8.58 Å². The van der Waals surface area contributed by atoms with E-state index in [1.165, 1.54) is 0 Å². The van der Waals surface area contributed by atoms with Crippen molar-refractivity contribution < 1.29 is 34.1 Å². The van der Waals surface area contributed by atoms with Crippen LogP contribution in [-0.4, -0.2) is 82.5 Å². The van der Waals surface area contributed by atoms with Gasteiger partial charge in [-0.1, -0.05) is 60.5 Å². The molecule has 1 aliphatic rings. The van der Waals surface area contributed by atoms with Gasteiger partial charge in [0.2, 0.25) is 0 Å². The molecule has 44 heavy (non-hydrogen) atoms. The van der Waals surface area contributed by atoms with Crippen LogP contribution in [0.5, 0.6) is 11.5 Å². The number of aryl methyl sites for hydroxylation is 2. The quantitative estimate of drug-likeness (QED) is 0.276. The van der Waals surface area contributed by atoms with Gasteiger partial charge in [0.25, 0.3) is 0 Å². The van der Waals surface area contributed by atoms with Gasteiger partial charge in [0.05, 0.1) is 13.1 Å². The summed E-state index contributed by atoms with van der Waals surface area (Å²) in [6.07, 6.45) is 2.02. The predicted molar refractivity (Wildman–Crippen MR) is 175 cm³/mol. The highest BCUT2D eigenvalue weighted by Crippen LogP contribution is 2.32. The molecule has 2 aromatic rings. The lowest BCUT2D eigenvalue weighted by atomic mass is 9.99. The summed E-state index contributed by atoms with van der Waals surface area (Å²) >= 11 is 0. The number of carbonyl (C=O) groups is 4. The van der Waals surface area contributed by atoms with E-state index in [0.717, 1.165) is 16.7 Å². The Morgan fingerprint density at radius 2 is 1.70 bits per heavy atom. The molecule has 0 aliphatic carbocycles. The summed E-state index contributed by atoms with van der Waals surface area (Å²) in [6.45, 7) is 9.18. The maximum Gasteiger partial charge on any atom is 0.303 e. The molecular weight excluding hydrogens is 579 g/mol. The number of hydrogen-bond acceptors (Lipinski definition) is 8. The van der Waals surface area contributed by atoms with Gasteiger partial charge < -0.3 is 14.9 Å². The van der Waals surface area contributed by atoms with Crippen molar-refractivity contribution in [2.24, 2.45) is 5.92 Å². The maximum atomic E-state index is 12.9. The zero-order valence-electron chi connectivity index (χ0n) is 27.0. The fourth-order valence-corrected chi connectivity index (χ4v) is 6.06. The lowest BCUT2D eigenvalue weighted by Crippen LogP contribution is -2.28. The topological polar surface area (TPSA) is 124 Å². The molecule has 1 unspecified atom stereocenters. The molecule has 0 saturated heterocycles. The highest BCUT2D eigenvalue weighted by molar-refractivity contribution is 7.40. The molecule has 0 spiro atoms. The number of carboxylic acid groups (broad SMARTS) is 1. The van der Waals surface area contributed by atoms with E-state index in [1.54, 1.807) is 25.2 Å². The van der Waals surface area contributed by atoms with Crippen molar-refractivity contribution in [1.82, 2.24) is 9.80 Å². The number of Topliss-reactive ketones (excluding diaryl/α,β-unsaturated/α-hetero) is 3. The summed E-state index contributed by atoms with van der Waals surface area (Å²) < 4.78 is 6.33. The molecule has 1 heterocycles. The van der Waals surface area contributed by atoms with Gasteiger partial charge in [-0.15, -0.1) is 0 Å². The number of phenols is 1. The molecular formula is C34H49N2O7P. The number of benzene rings is 2. The van der Waals surface area contributed by atoms with Gasteiger partial charge in [-0.05, 0) is 50.2 Å². The molecule has 9 nitrogen and oxygen atoms in total. The fourth-order valence-electron chi connectivity index (χ4n) is 4.91. The van der Waals surface area contributed by atoms with E-state index >= 15 is 0 Å². The number of likely N-dealkylation sites (N-methyl/N-ethyl adjacent to an activating group) is 2. The second-order valence-corrected chi connectivity index (χ2v) is 12.9. The van der Waals surface area contributed by atoms with E-state index in [1.807, 2.05) is 56.7 Å². The van der Waals surface area contributed by atoms with Crippen LogP contribution in [0.1, 0.15) is 69.2 Å². The van der Waals surface area contributed by atoms with Gasteiger partial charge in [-0.2, -0.15) is 0 Å². The molecule has 0 aromatic heterocycles.